The lowest BCUT2D eigenvalue weighted by molar-refractivity contribution is 1.17. The fourth-order valence-corrected chi connectivity index (χ4v) is 1.83. The van der Waals surface area contributed by atoms with Crippen LogP contribution >= 0.6 is 0 Å². The Labute approximate surface area is 102 Å². The van der Waals surface area contributed by atoms with Crippen molar-refractivity contribution in [1.29, 1.82) is 0 Å². The van der Waals surface area contributed by atoms with Gasteiger partial charge in [-0.15, -0.1) is 0 Å². The summed E-state index contributed by atoms with van der Waals surface area (Å²) in [5, 5.41) is 0.559. The number of aromatic amines is 1. The standard InChI is InChI=1S/C13H10N4O/c14-11-9(5-3-7-15-11)12-16-10-6-2-1-4-8(10)13(18)17-12/h1-7H,(H2,14,15)(H,16,17,18). The average molecular weight is 238 g/mol. The molecule has 88 valence electrons. The summed E-state index contributed by atoms with van der Waals surface area (Å²) in [6.45, 7) is 0. The monoisotopic (exact) mass is 238 g/mol. The highest BCUT2D eigenvalue weighted by Gasteiger charge is 2.08. The number of aromatic nitrogens is 3. The molecule has 0 radical (unpaired) electrons. The number of para-hydroxylation sites is 1. The zero-order valence-corrected chi connectivity index (χ0v) is 9.42. The molecule has 5 heteroatoms. The number of H-pyrrole nitrogens is 1. The van der Waals surface area contributed by atoms with Gasteiger partial charge >= 0.3 is 0 Å². The van der Waals surface area contributed by atoms with Crippen LogP contribution < -0.4 is 11.3 Å². The molecule has 0 fully saturated rings. The number of rotatable bonds is 1. The second-order valence-corrected chi connectivity index (χ2v) is 3.87. The molecule has 2 heterocycles. The third kappa shape index (κ3) is 1.62. The van der Waals surface area contributed by atoms with Gasteiger partial charge in [-0.05, 0) is 24.3 Å². The number of anilines is 1. The van der Waals surface area contributed by atoms with Gasteiger partial charge in [0, 0.05) is 6.20 Å². The molecule has 0 bridgehead atoms. The van der Waals surface area contributed by atoms with Gasteiger partial charge in [-0.3, -0.25) is 4.79 Å². The summed E-state index contributed by atoms with van der Waals surface area (Å²) in [5.41, 5.74) is 6.86. The van der Waals surface area contributed by atoms with Crippen molar-refractivity contribution in [1.82, 2.24) is 15.0 Å². The minimum Gasteiger partial charge on any atom is -0.383 e. The van der Waals surface area contributed by atoms with Crippen LogP contribution in [0.2, 0.25) is 0 Å². The number of hydrogen-bond donors (Lipinski definition) is 2. The average Bonchev–Trinajstić information content (AvgIpc) is 2.39. The normalized spacial score (nSPS) is 10.7. The van der Waals surface area contributed by atoms with Crippen molar-refractivity contribution in [2.75, 3.05) is 5.73 Å². The lowest BCUT2D eigenvalue weighted by atomic mass is 10.2. The minimum absolute atomic E-state index is 0.182. The van der Waals surface area contributed by atoms with Crippen molar-refractivity contribution in [2.24, 2.45) is 0 Å². The molecule has 0 amide bonds. The van der Waals surface area contributed by atoms with Gasteiger partial charge in [0.15, 0.2) is 0 Å². The second kappa shape index (κ2) is 3.96. The lowest BCUT2D eigenvalue weighted by Crippen LogP contribution is -2.10. The Morgan fingerprint density at radius 3 is 2.78 bits per heavy atom. The van der Waals surface area contributed by atoms with Gasteiger partial charge in [-0.1, -0.05) is 12.1 Å². The molecule has 3 rings (SSSR count). The van der Waals surface area contributed by atoms with Crippen LogP contribution in [0.5, 0.6) is 0 Å². The molecule has 0 spiro atoms. The summed E-state index contributed by atoms with van der Waals surface area (Å²) in [6, 6.07) is 10.7. The van der Waals surface area contributed by atoms with E-state index in [0.29, 0.717) is 28.1 Å². The fourth-order valence-electron chi connectivity index (χ4n) is 1.83. The van der Waals surface area contributed by atoms with Gasteiger partial charge in [0.05, 0.1) is 16.5 Å². The van der Waals surface area contributed by atoms with Gasteiger partial charge in [0.2, 0.25) is 0 Å². The number of pyridine rings is 1. The molecule has 1 aromatic carbocycles. The van der Waals surface area contributed by atoms with Crippen LogP contribution in [0.3, 0.4) is 0 Å². The molecule has 0 saturated heterocycles. The van der Waals surface area contributed by atoms with Crippen LogP contribution in [-0.2, 0) is 0 Å². The number of nitrogen functional groups attached to an aromatic ring is 1. The van der Waals surface area contributed by atoms with Gasteiger partial charge in [0.25, 0.3) is 5.56 Å². The Morgan fingerprint density at radius 1 is 1.11 bits per heavy atom. The molecule has 3 N–H and O–H groups in total. The van der Waals surface area contributed by atoms with Crippen molar-refractivity contribution >= 4 is 16.7 Å². The van der Waals surface area contributed by atoms with E-state index in [9.17, 15) is 4.79 Å². The maximum absolute atomic E-state index is 11.9. The highest BCUT2D eigenvalue weighted by Crippen LogP contribution is 2.20. The van der Waals surface area contributed by atoms with Crippen LogP contribution in [0.4, 0.5) is 5.82 Å². The molecule has 2 aromatic heterocycles. The number of hydrogen-bond acceptors (Lipinski definition) is 4. The SMILES string of the molecule is Nc1ncccc1-c1nc2ccccc2c(=O)[nH]1. The first kappa shape index (κ1) is 10.5. The Balaban J connectivity index is 2.32. The van der Waals surface area contributed by atoms with Crippen LogP contribution in [-0.4, -0.2) is 15.0 Å². The quantitative estimate of drug-likeness (QED) is 0.673. The highest BCUT2D eigenvalue weighted by atomic mass is 16.1. The van der Waals surface area contributed by atoms with Crippen molar-refractivity contribution in [3.05, 3.63) is 52.9 Å². The molecule has 18 heavy (non-hydrogen) atoms. The Morgan fingerprint density at radius 2 is 1.94 bits per heavy atom. The lowest BCUT2D eigenvalue weighted by Gasteiger charge is -2.04. The first-order valence-corrected chi connectivity index (χ1v) is 5.45. The Kier molecular flexibility index (Phi) is 2.30. The van der Waals surface area contributed by atoms with Gasteiger partial charge in [-0.25, -0.2) is 9.97 Å². The van der Waals surface area contributed by atoms with Crippen LogP contribution in [0.25, 0.3) is 22.3 Å². The van der Waals surface area contributed by atoms with Crippen LogP contribution in [0.15, 0.2) is 47.4 Å². The summed E-state index contributed by atoms with van der Waals surface area (Å²) < 4.78 is 0. The number of nitrogens with zero attached hydrogens (tertiary/aromatic N) is 2. The van der Waals surface area contributed by atoms with E-state index in [1.54, 1.807) is 36.5 Å². The molecule has 0 aliphatic carbocycles. The van der Waals surface area contributed by atoms with Crippen molar-refractivity contribution in [2.45, 2.75) is 0 Å². The van der Waals surface area contributed by atoms with Gasteiger partial charge in [0.1, 0.15) is 11.6 Å². The zero-order valence-electron chi connectivity index (χ0n) is 9.42. The maximum atomic E-state index is 11.9. The van der Waals surface area contributed by atoms with E-state index in [1.807, 2.05) is 6.07 Å². The number of nitrogens with one attached hydrogen (secondary N) is 1. The zero-order chi connectivity index (χ0) is 12.5. The van der Waals surface area contributed by atoms with E-state index in [2.05, 4.69) is 15.0 Å². The summed E-state index contributed by atoms with van der Waals surface area (Å²) in [7, 11) is 0. The van der Waals surface area contributed by atoms with E-state index >= 15 is 0 Å². The topological polar surface area (TPSA) is 84.7 Å². The van der Waals surface area contributed by atoms with Crippen molar-refractivity contribution in [3.8, 4) is 11.4 Å². The van der Waals surface area contributed by atoms with E-state index in [1.165, 1.54) is 0 Å². The Hall–Kier alpha value is -2.69. The number of nitrogens with two attached hydrogens (primary N) is 1. The molecular formula is C13H10N4O. The largest absolute Gasteiger partial charge is 0.383 e. The molecule has 0 aliphatic heterocycles. The number of benzene rings is 1. The molecular weight excluding hydrogens is 228 g/mol. The van der Waals surface area contributed by atoms with Gasteiger partial charge < -0.3 is 10.7 Å². The summed E-state index contributed by atoms with van der Waals surface area (Å²) >= 11 is 0. The van der Waals surface area contributed by atoms with E-state index in [0.717, 1.165) is 0 Å². The summed E-state index contributed by atoms with van der Waals surface area (Å²) in [4.78, 5) is 23.0. The van der Waals surface area contributed by atoms with Crippen LogP contribution in [0, 0.1) is 0 Å². The third-order valence-electron chi connectivity index (χ3n) is 2.71. The molecule has 3 aromatic rings. The molecule has 0 aliphatic rings. The Bertz CT molecular complexity index is 779. The van der Waals surface area contributed by atoms with E-state index in [4.69, 9.17) is 5.73 Å². The second-order valence-electron chi connectivity index (χ2n) is 3.87. The summed E-state index contributed by atoms with van der Waals surface area (Å²) in [5.74, 6) is 0.778. The van der Waals surface area contributed by atoms with E-state index < -0.39 is 0 Å². The van der Waals surface area contributed by atoms with Crippen LogP contribution in [0.1, 0.15) is 0 Å². The van der Waals surface area contributed by atoms with Crippen molar-refractivity contribution in [3.63, 3.8) is 0 Å². The van der Waals surface area contributed by atoms with E-state index in [-0.39, 0.29) is 5.56 Å². The molecule has 0 unspecified atom stereocenters. The predicted octanol–water partition coefficient (Wildman–Crippen LogP) is 1.57. The number of fused-ring (bicyclic) bond motifs is 1. The summed E-state index contributed by atoms with van der Waals surface area (Å²) in [6.07, 6.45) is 1.60. The fraction of sp³-hybridized carbons (Fsp3) is 0. The third-order valence-corrected chi connectivity index (χ3v) is 2.71. The first-order chi connectivity index (χ1) is 8.75. The predicted molar refractivity (Wildman–Crippen MR) is 70.0 cm³/mol. The first-order valence-electron chi connectivity index (χ1n) is 5.45. The maximum Gasteiger partial charge on any atom is 0.259 e. The van der Waals surface area contributed by atoms with Crippen molar-refractivity contribution < 1.29 is 0 Å². The van der Waals surface area contributed by atoms with Gasteiger partial charge in [-0.2, -0.15) is 0 Å². The molecule has 5 nitrogen and oxygen atoms in total. The molecule has 0 saturated carbocycles. The smallest absolute Gasteiger partial charge is 0.259 e. The highest BCUT2D eigenvalue weighted by molar-refractivity contribution is 5.80. The minimum atomic E-state index is -0.182. The molecule has 0 atom stereocenters.